The molecule has 2 heterocycles. The molecule has 0 bridgehead atoms. The first-order chi connectivity index (χ1) is 49.4. The van der Waals surface area contributed by atoms with Crippen LogP contribution in [0.15, 0.2) is 15.0 Å². The van der Waals surface area contributed by atoms with E-state index in [2.05, 4.69) is 91.4 Å². The number of amides is 13. The maximum atomic E-state index is 14.6. The number of unbranched alkanes of at least 4 members (excludes halogenated alkanes) is 2. The molecule has 0 fully saturated rings. The lowest BCUT2D eigenvalue weighted by Gasteiger charge is -2.32. The van der Waals surface area contributed by atoms with Gasteiger partial charge in [0.25, 0.3) is 0 Å². The van der Waals surface area contributed by atoms with Gasteiger partial charge >= 0.3 is 11.9 Å². The summed E-state index contributed by atoms with van der Waals surface area (Å²) in [5.74, 6) is -17.6. The number of nitrogens with two attached hydrogens (primary N) is 4. The van der Waals surface area contributed by atoms with Gasteiger partial charge in [0.2, 0.25) is 76.8 Å². The molecule has 18 atom stereocenters. The number of hydrogen-bond donors (Lipinski definition) is 21. The lowest BCUT2D eigenvalue weighted by Crippen LogP contribution is -2.63. The molecule has 0 unspecified atom stereocenters. The first-order valence-electron chi connectivity index (χ1n) is 35.5. The van der Waals surface area contributed by atoms with Crippen molar-refractivity contribution >= 4 is 120 Å². The molecule has 2 aliphatic heterocycles. The summed E-state index contributed by atoms with van der Waals surface area (Å²) in [4.78, 5) is 214. The van der Waals surface area contributed by atoms with Gasteiger partial charge in [-0.25, -0.2) is 4.79 Å². The molecule has 105 heavy (non-hydrogen) atoms. The Bertz CT molecular complexity index is 3070. The van der Waals surface area contributed by atoms with E-state index in [1.165, 1.54) is 6.92 Å². The fourth-order valence-electron chi connectivity index (χ4n) is 10.9. The van der Waals surface area contributed by atoms with Crippen LogP contribution in [-0.2, 0) is 71.9 Å². The maximum Gasteiger partial charge on any atom is 0.326 e. The van der Waals surface area contributed by atoms with Crippen LogP contribution in [0, 0.1) is 29.6 Å². The molecule has 0 saturated carbocycles. The van der Waals surface area contributed by atoms with Gasteiger partial charge in [-0.15, -0.1) is 0 Å². The molecule has 0 aromatic carbocycles. The molecule has 0 aromatic heterocycles. The second kappa shape index (κ2) is 47.4. The summed E-state index contributed by atoms with van der Waals surface area (Å²) in [6.07, 6.45) is 2.53. The van der Waals surface area contributed by atoms with Crippen LogP contribution in [-0.4, -0.2) is 244 Å². The summed E-state index contributed by atoms with van der Waals surface area (Å²) in [6.45, 7) is 13.9. The highest BCUT2D eigenvalue weighted by atomic mass is 32.1. The highest BCUT2D eigenvalue weighted by Crippen LogP contribution is 2.19. The van der Waals surface area contributed by atoms with E-state index in [-0.39, 0.29) is 101 Å². The van der Waals surface area contributed by atoms with Gasteiger partial charge in [0.1, 0.15) is 72.5 Å². The first kappa shape index (κ1) is 92.0. The third-order valence-electron chi connectivity index (χ3n) is 17.9. The van der Waals surface area contributed by atoms with E-state index in [1.54, 1.807) is 47.0 Å². The van der Waals surface area contributed by atoms with Crippen molar-refractivity contribution < 1.29 is 92.3 Å². The number of carbonyl (C=O) groups excluding carboxylic acids is 13. The van der Waals surface area contributed by atoms with Crippen molar-refractivity contribution in [2.75, 3.05) is 32.0 Å². The Kier molecular flexibility index (Phi) is 41.5. The van der Waals surface area contributed by atoms with E-state index in [9.17, 15) is 87.2 Å². The average molecular weight is 1510 g/mol. The largest absolute Gasteiger partial charge is 0.481 e. The number of nitrogens with zero attached hydrogens (tertiary/aromatic N) is 3. The number of carbonyl (C=O) groups is 15. The van der Waals surface area contributed by atoms with Crippen molar-refractivity contribution in [3.8, 4) is 0 Å². The van der Waals surface area contributed by atoms with Crippen LogP contribution in [0.5, 0.6) is 0 Å². The molecule has 0 spiro atoms. The normalized spacial score (nSPS) is 19.2. The second-order valence-corrected chi connectivity index (χ2v) is 27.3. The zero-order valence-electron chi connectivity index (χ0n) is 61.3. The van der Waals surface area contributed by atoms with Crippen LogP contribution in [0.2, 0.25) is 0 Å². The third kappa shape index (κ3) is 32.4. The fourth-order valence-corrected chi connectivity index (χ4v) is 11.2. The van der Waals surface area contributed by atoms with E-state index in [0.29, 0.717) is 25.7 Å². The number of nitrogens with one attached hydrogen (secondary N) is 12. The summed E-state index contributed by atoms with van der Waals surface area (Å²) in [5.41, 5.74) is 22.3. The molecule has 0 aromatic rings. The number of rotatable bonds is 50. The maximum absolute atomic E-state index is 14.6. The number of thiol groups is 1. The van der Waals surface area contributed by atoms with Crippen molar-refractivity contribution in [1.82, 2.24) is 63.8 Å². The molecule has 592 valence electrons. The van der Waals surface area contributed by atoms with Gasteiger partial charge in [-0.05, 0) is 107 Å². The molecule has 0 saturated heterocycles. The predicted octanol–water partition coefficient (Wildman–Crippen LogP) is -5.38. The number of carboxylic acid groups (broad SMARTS) is 2. The summed E-state index contributed by atoms with van der Waals surface area (Å²) < 4.78 is 0. The highest BCUT2D eigenvalue weighted by Gasteiger charge is 2.40. The van der Waals surface area contributed by atoms with E-state index in [1.807, 2.05) is 13.8 Å². The van der Waals surface area contributed by atoms with Gasteiger partial charge in [0, 0.05) is 44.2 Å². The zero-order valence-corrected chi connectivity index (χ0v) is 62.2. The van der Waals surface area contributed by atoms with E-state index >= 15 is 0 Å². The summed E-state index contributed by atoms with van der Waals surface area (Å²) >= 11 is 4.29. The van der Waals surface area contributed by atoms with Crippen LogP contribution >= 0.6 is 12.6 Å². The number of primary amides is 1. The minimum absolute atomic E-state index is 0.0192. The van der Waals surface area contributed by atoms with Gasteiger partial charge in [-0.2, -0.15) is 12.6 Å². The van der Waals surface area contributed by atoms with Crippen molar-refractivity contribution in [3.63, 3.8) is 0 Å². The van der Waals surface area contributed by atoms with Crippen LogP contribution < -0.4 is 86.7 Å². The predicted molar refractivity (Wildman–Crippen MR) is 388 cm³/mol. The van der Waals surface area contributed by atoms with Crippen molar-refractivity contribution in [3.05, 3.63) is 0 Å². The third-order valence-corrected chi connectivity index (χ3v) is 18.3. The van der Waals surface area contributed by atoms with E-state index in [4.69, 9.17) is 28.0 Å². The van der Waals surface area contributed by atoms with Gasteiger partial charge in [-0.3, -0.25) is 82.1 Å². The monoisotopic (exact) mass is 1510 g/mol. The minimum atomic E-state index is -1.85. The van der Waals surface area contributed by atoms with Gasteiger partial charge in [-0.1, -0.05) is 68.2 Å². The number of carboxylic acids is 2. The second-order valence-electron chi connectivity index (χ2n) is 27.0. The Hall–Kier alpha value is -9.11. The molecule has 2 aliphatic rings. The molecular weight excluding hydrogens is 1390 g/mol. The smallest absolute Gasteiger partial charge is 0.326 e. The van der Waals surface area contributed by atoms with Gasteiger partial charge in [0.15, 0.2) is 5.96 Å². The zero-order chi connectivity index (χ0) is 79.4. The molecule has 38 nitrogen and oxygen atoms in total. The average Bonchev–Trinajstić information content (AvgIpc) is 1.55. The molecule has 39 heteroatoms. The molecule has 2 rings (SSSR count). The summed E-state index contributed by atoms with van der Waals surface area (Å²) in [5, 5.41) is 70.4. The van der Waals surface area contributed by atoms with Gasteiger partial charge < -0.3 is 107 Å². The topological polar surface area (TPSA) is 622 Å². The van der Waals surface area contributed by atoms with Crippen molar-refractivity contribution in [1.29, 1.82) is 0 Å². The SMILES string of the molecule is CC[C@H](C)[C@H](NC(=O)[C@@H](NC(=O)[C@H](CCCCNC(=O)[C@@H]1N=CC[C@H]1C)NC(=O)[C@H](CS)NC(=O)[C@H](CO)NC(=O)[C@H](CCCCNC(=O)[C@@H]1N=CC[C@H]1C)NC(=O)[C@@H](N)CCCN=C(N)N)C(C)C)C(=O)N[C@H](C(=O)N[C@H](C(=O)N[C@@H](CC(N)=O)C(=O)N[C@@H](CCC(=O)O)C(=O)O)[C@@H](C)CC)[C@@H](C)O. The molecule has 24 N–H and O–H groups in total. The van der Waals surface area contributed by atoms with E-state index < -0.39 is 211 Å². The number of aliphatic hydroxyl groups is 2. The van der Waals surface area contributed by atoms with Crippen LogP contribution in [0.3, 0.4) is 0 Å². The summed E-state index contributed by atoms with van der Waals surface area (Å²) in [6, 6.07) is -18.4. The Morgan fingerprint density at radius 3 is 1.33 bits per heavy atom. The quantitative estimate of drug-likeness (QED) is 0.0117. The van der Waals surface area contributed by atoms with Crippen LogP contribution in [0.25, 0.3) is 0 Å². The number of guanidine groups is 1. The lowest BCUT2D eigenvalue weighted by atomic mass is 9.95. The first-order valence-corrected chi connectivity index (χ1v) is 36.1. The Labute approximate surface area is 616 Å². The molecule has 0 aliphatic carbocycles. The Morgan fingerprint density at radius 2 is 0.905 bits per heavy atom. The standard InChI is InChI=1S/C66H113N19O19S/c1-10-33(5)50(62(100)79-42(29-45(68)88)56(94)78-41(65(103)104)20-21-46(89)90)84-64(102)52(37(9)87)85-63(101)51(34(6)11-2)83-61(99)47(32(3)4)82-55(93)40(19-13-15-25-74-60(98)49-36(8)23-28-72-49)77-58(96)44(31-105)81-57(95)43(30-86)80-54(92)39(76-53(91)38(67)17-16-26-75-66(69)70)18-12-14-24-73-59(97)48-35(7)22-27-71-48/h27-28,32-44,47-52,86-87,105H,10-26,29-31,67H2,1-9H3,(H2,68,88)(H,73,97)(H,74,98)(H,76,91)(H,77,96)(H,78,94)(H,79,100)(H,80,92)(H,81,95)(H,82,93)(H,83,99)(H,84,102)(H,85,101)(H,89,90)(H,103,104)(H4,69,70,75)/t33-,34-,35+,36+,37+,38-,39-,40-,41-,42-,43-,44-,47-,48+,49+,50-,51-,52-/m0/s1. The highest BCUT2D eigenvalue weighted by molar-refractivity contribution is 7.80. The number of aliphatic imine (C=N–C) groups is 3. The molecular formula is C66H113N19O19S. The van der Waals surface area contributed by atoms with Crippen molar-refractivity contribution in [2.45, 2.75) is 243 Å². The van der Waals surface area contributed by atoms with Crippen LogP contribution in [0.1, 0.15) is 159 Å². The number of aliphatic hydroxyl groups excluding tert-OH is 2. The van der Waals surface area contributed by atoms with Gasteiger partial charge in [0.05, 0.1) is 25.2 Å². The molecule has 0 radical (unpaired) electrons. The Balaban J connectivity index is 2.44. The van der Waals surface area contributed by atoms with Crippen molar-refractivity contribution in [2.24, 2.45) is 67.5 Å². The fraction of sp³-hybridized carbons (Fsp3) is 0.727. The van der Waals surface area contributed by atoms with Crippen LogP contribution in [0.4, 0.5) is 0 Å². The molecule has 13 amide bonds. The lowest BCUT2D eigenvalue weighted by molar-refractivity contribution is -0.143. The number of hydrogen-bond acceptors (Lipinski definition) is 22. The summed E-state index contributed by atoms with van der Waals surface area (Å²) in [7, 11) is 0. The minimum Gasteiger partial charge on any atom is -0.481 e. The Morgan fingerprint density at radius 1 is 0.505 bits per heavy atom. The van der Waals surface area contributed by atoms with E-state index in [0.717, 1.165) is 6.92 Å². The number of aliphatic carboxylic acids is 2.